The summed E-state index contributed by atoms with van der Waals surface area (Å²) in [6.07, 6.45) is 2.41. The summed E-state index contributed by atoms with van der Waals surface area (Å²) in [5.41, 5.74) is 2.41. The number of hydrogen-bond acceptors (Lipinski definition) is 4. The Morgan fingerprint density at radius 1 is 1.29 bits per heavy atom. The van der Waals surface area contributed by atoms with Crippen molar-refractivity contribution >= 4 is 21.3 Å². The second-order valence-electron chi connectivity index (χ2n) is 5.18. The summed E-state index contributed by atoms with van der Waals surface area (Å²) in [4.78, 5) is 0. The number of para-hydroxylation sites is 1. The lowest BCUT2D eigenvalue weighted by molar-refractivity contribution is 0.377. The smallest absolute Gasteiger partial charge is 0.314 e. The number of benzene rings is 1. The first-order chi connectivity index (χ1) is 9.84. The highest BCUT2D eigenvalue weighted by atomic mass is 32.3. The molecule has 7 nitrogen and oxygen atoms in total. The molecule has 2 aromatic rings. The number of nitrogens with one attached hydrogen (secondary N) is 2. The van der Waals surface area contributed by atoms with E-state index in [0.29, 0.717) is 12.0 Å². The van der Waals surface area contributed by atoms with E-state index in [1.807, 2.05) is 6.07 Å². The van der Waals surface area contributed by atoms with Crippen molar-refractivity contribution < 1.29 is 17.5 Å². The van der Waals surface area contributed by atoms with Crippen molar-refractivity contribution in [3.63, 3.8) is 0 Å². The van der Waals surface area contributed by atoms with E-state index in [4.69, 9.17) is 17.5 Å². The molecule has 0 amide bonds. The first kappa shape index (κ1) is 15.9. The molecule has 116 valence electrons. The van der Waals surface area contributed by atoms with Crippen LogP contribution in [0.4, 0.5) is 0 Å². The summed E-state index contributed by atoms with van der Waals surface area (Å²) in [6, 6.07) is 8.98. The standard InChI is InChI=1S/C13H17N3.H2O4S/c1-9-8-10(6-7-14-9)13-11-4-2-3-5-12(11)15-16-13;1-5(2,3)4/h2-5,9-10,14H,6-8H2,1H3,(H,15,16);(H2,1,2,3,4)/t9-,10+;/m0./s1. The van der Waals surface area contributed by atoms with Gasteiger partial charge in [0.05, 0.1) is 5.52 Å². The molecular formula is C13H19N3O4S. The van der Waals surface area contributed by atoms with Gasteiger partial charge in [0.2, 0.25) is 0 Å². The number of H-pyrrole nitrogens is 1. The summed E-state index contributed by atoms with van der Waals surface area (Å²) < 4.78 is 31.6. The predicted molar refractivity (Wildman–Crippen MR) is 79.7 cm³/mol. The van der Waals surface area contributed by atoms with Crippen LogP contribution in [0.25, 0.3) is 10.9 Å². The molecule has 0 aliphatic carbocycles. The Morgan fingerprint density at radius 3 is 2.62 bits per heavy atom. The van der Waals surface area contributed by atoms with E-state index in [1.165, 1.54) is 23.9 Å². The molecule has 1 aliphatic heterocycles. The molecule has 1 fully saturated rings. The van der Waals surface area contributed by atoms with Crippen LogP contribution in [0.3, 0.4) is 0 Å². The number of hydrogen-bond donors (Lipinski definition) is 4. The summed E-state index contributed by atoms with van der Waals surface area (Å²) in [5, 5.41) is 12.4. The molecule has 1 aromatic heterocycles. The Hall–Kier alpha value is -1.48. The Balaban J connectivity index is 0.000000282. The van der Waals surface area contributed by atoms with Crippen molar-refractivity contribution in [1.82, 2.24) is 15.5 Å². The van der Waals surface area contributed by atoms with Crippen LogP contribution in [-0.4, -0.2) is 40.3 Å². The molecule has 0 spiro atoms. The molecule has 2 atom stereocenters. The fourth-order valence-electron chi connectivity index (χ4n) is 2.68. The fraction of sp³-hybridized carbons (Fsp3) is 0.462. The van der Waals surface area contributed by atoms with Gasteiger partial charge in [0.1, 0.15) is 0 Å². The molecule has 0 saturated carbocycles. The summed E-state index contributed by atoms with van der Waals surface area (Å²) in [5.74, 6) is 0.628. The minimum absolute atomic E-state index is 0.612. The Morgan fingerprint density at radius 2 is 1.95 bits per heavy atom. The molecule has 2 heterocycles. The van der Waals surface area contributed by atoms with E-state index in [2.05, 4.69) is 40.6 Å². The highest BCUT2D eigenvalue weighted by Crippen LogP contribution is 2.30. The van der Waals surface area contributed by atoms with Gasteiger partial charge in [0, 0.05) is 23.0 Å². The van der Waals surface area contributed by atoms with Gasteiger partial charge in [-0.3, -0.25) is 14.2 Å². The van der Waals surface area contributed by atoms with Crippen molar-refractivity contribution in [1.29, 1.82) is 0 Å². The molecule has 0 bridgehead atoms. The Labute approximate surface area is 123 Å². The second kappa shape index (κ2) is 6.52. The largest absolute Gasteiger partial charge is 0.394 e. The number of fused-ring (bicyclic) bond motifs is 1. The zero-order valence-corrected chi connectivity index (χ0v) is 12.5. The molecule has 1 aromatic carbocycles. The van der Waals surface area contributed by atoms with Crippen LogP contribution in [0, 0.1) is 0 Å². The van der Waals surface area contributed by atoms with Gasteiger partial charge in [0.15, 0.2) is 0 Å². The van der Waals surface area contributed by atoms with Crippen LogP contribution < -0.4 is 5.32 Å². The van der Waals surface area contributed by atoms with Crippen LogP contribution in [0.1, 0.15) is 31.4 Å². The van der Waals surface area contributed by atoms with Gasteiger partial charge in [-0.25, -0.2) is 0 Å². The van der Waals surface area contributed by atoms with Crippen molar-refractivity contribution in [2.45, 2.75) is 31.7 Å². The third kappa shape index (κ3) is 4.78. The van der Waals surface area contributed by atoms with Crippen molar-refractivity contribution in [2.75, 3.05) is 6.54 Å². The normalized spacial score (nSPS) is 22.6. The highest BCUT2D eigenvalue weighted by molar-refractivity contribution is 7.79. The minimum atomic E-state index is -4.67. The van der Waals surface area contributed by atoms with Crippen LogP contribution in [0.2, 0.25) is 0 Å². The maximum absolute atomic E-state index is 8.74. The van der Waals surface area contributed by atoms with Gasteiger partial charge in [0.25, 0.3) is 0 Å². The average molecular weight is 313 g/mol. The van der Waals surface area contributed by atoms with E-state index in [0.717, 1.165) is 12.1 Å². The SMILES string of the molecule is C[C@H]1C[C@H](c2[nH]nc3ccccc23)CCN1.O=S(=O)(O)O. The van der Waals surface area contributed by atoms with Gasteiger partial charge in [-0.15, -0.1) is 0 Å². The fourth-order valence-corrected chi connectivity index (χ4v) is 2.68. The summed E-state index contributed by atoms with van der Waals surface area (Å²) in [6.45, 7) is 3.36. The van der Waals surface area contributed by atoms with E-state index in [-0.39, 0.29) is 0 Å². The lowest BCUT2D eigenvalue weighted by Crippen LogP contribution is -2.35. The molecule has 3 rings (SSSR count). The van der Waals surface area contributed by atoms with Gasteiger partial charge in [-0.1, -0.05) is 18.2 Å². The van der Waals surface area contributed by atoms with Gasteiger partial charge < -0.3 is 5.32 Å². The molecule has 21 heavy (non-hydrogen) atoms. The monoisotopic (exact) mass is 313 g/mol. The number of aromatic nitrogens is 2. The molecule has 0 unspecified atom stereocenters. The Bertz CT molecular complexity index is 690. The van der Waals surface area contributed by atoms with Crippen LogP contribution in [-0.2, 0) is 10.4 Å². The quantitative estimate of drug-likeness (QED) is 0.596. The first-order valence-electron chi connectivity index (χ1n) is 6.71. The van der Waals surface area contributed by atoms with Crippen molar-refractivity contribution in [3.8, 4) is 0 Å². The minimum Gasteiger partial charge on any atom is -0.314 e. The van der Waals surface area contributed by atoms with Crippen molar-refractivity contribution in [2.24, 2.45) is 0 Å². The van der Waals surface area contributed by atoms with E-state index in [9.17, 15) is 0 Å². The molecule has 1 aliphatic rings. The number of rotatable bonds is 1. The molecule has 8 heteroatoms. The number of piperidine rings is 1. The maximum atomic E-state index is 8.74. The third-order valence-electron chi connectivity index (χ3n) is 3.52. The number of aromatic amines is 1. The highest BCUT2D eigenvalue weighted by Gasteiger charge is 2.22. The van der Waals surface area contributed by atoms with E-state index in [1.54, 1.807) is 0 Å². The topological polar surface area (TPSA) is 115 Å². The average Bonchev–Trinajstić information content (AvgIpc) is 2.80. The predicted octanol–water partition coefficient (Wildman–Crippen LogP) is 1.77. The van der Waals surface area contributed by atoms with Crippen molar-refractivity contribution in [3.05, 3.63) is 30.0 Å². The molecule has 0 radical (unpaired) electrons. The zero-order chi connectivity index (χ0) is 15.5. The zero-order valence-electron chi connectivity index (χ0n) is 11.7. The second-order valence-corrected chi connectivity index (χ2v) is 6.07. The van der Waals surface area contributed by atoms with Gasteiger partial charge in [-0.05, 0) is 32.4 Å². The molecular weight excluding hydrogens is 294 g/mol. The molecule has 1 saturated heterocycles. The molecule has 4 N–H and O–H groups in total. The van der Waals surface area contributed by atoms with Gasteiger partial charge >= 0.3 is 10.4 Å². The van der Waals surface area contributed by atoms with Crippen LogP contribution in [0.15, 0.2) is 24.3 Å². The lowest BCUT2D eigenvalue weighted by atomic mass is 9.89. The van der Waals surface area contributed by atoms with Gasteiger partial charge in [-0.2, -0.15) is 13.5 Å². The Kier molecular flexibility index (Phi) is 4.94. The number of nitrogens with zero attached hydrogens (tertiary/aromatic N) is 1. The third-order valence-corrected chi connectivity index (χ3v) is 3.52. The summed E-state index contributed by atoms with van der Waals surface area (Å²) >= 11 is 0. The van der Waals surface area contributed by atoms with E-state index >= 15 is 0 Å². The van der Waals surface area contributed by atoms with E-state index < -0.39 is 10.4 Å². The van der Waals surface area contributed by atoms with Crippen LogP contribution in [0.5, 0.6) is 0 Å². The maximum Gasteiger partial charge on any atom is 0.394 e. The lowest BCUT2D eigenvalue weighted by Gasteiger charge is -2.27. The van der Waals surface area contributed by atoms with Crippen LogP contribution >= 0.6 is 0 Å². The summed E-state index contributed by atoms with van der Waals surface area (Å²) in [7, 11) is -4.67. The first-order valence-corrected chi connectivity index (χ1v) is 8.10.